The van der Waals surface area contributed by atoms with Crippen LogP contribution in [0.4, 0.5) is 10.1 Å². The first-order valence-corrected chi connectivity index (χ1v) is 6.83. The van der Waals surface area contributed by atoms with E-state index in [0.29, 0.717) is 5.69 Å². The van der Waals surface area contributed by atoms with Gasteiger partial charge in [-0.2, -0.15) is 0 Å². The number of halogens is 1. The van der Waals surface area contributed by atoms with E-state index in [1.54, 1.807) is 6.07 Å². The van der Waals surface area contributed by atoms with E-state index in [0.717, 1.165) is 18.7 Å². The first kappa shape index (κ1) is 15.9. The van der Waals surface area contributed by atoms with E-state index in [9.17, 15) is 4.39 Å². The van der Waals surface area contributed by atoms with Crippen LogP contribution in [0.15, 0.2) is 18.2 Å². The maximum atomic E-state index is 14.2. The van der Waals surface area contributed by atoms with Crippen LogP contribution in [-0.4, -0.2) is 38.1 Å². The van der Waals surface area contributed by atoms with Gasteiger partial charge in [0.15, 0.2) is 0 Å². The Morgan fingerprint density at radius 3 is 2.37 bits per heavy atom. The lowest BCUT2D eigenvalue weighted by Crippen LogP contribution is -2.41. The molecule has 1 aromatic rings. The molecule has 0 spiro atoms. The largest absolute Gasteiger partial charge is 0.365 e. The second-order valence-corrected chi connectivity index (χ2v) is 5.36. The fourth-order valence-corrected chi connectivity index (χ4v) is 2.52. The third-order valence-corrected chi connectivity index (χ3v) is 3.30. The van der Waals surface area contributed by atoms with E-state index < -0.39 is 0 Å². The summed E-state index contributed by atoms with van der Waals surface area (Å²) in [6, 6.07) is 5.20. The lowest BCUT2D eigenvalue weighted by atomic mass is 10.0. The summed E-state index contributed by atoms with van der Waals surface area (Å²) in [6.07, 6.45) is 0. The highest BCUT2D eigenvalue weighted by atomic mass is 19.1. The summed E-state index contributed by atoms with van der Waals surface area (Å²) >= 11 is 0. The zero-order valence-electron chi connectivity index (χ0n) is 12.7. The zero-order valence-corrected chi connectivity index (χ0v) is 12.7. The molecule has 0 aliphatic rings. The summed E-state index contributed by atoms with van der Waals surface area (Å²) in [5.74, 6) is -0.192. The summed E-state index contributed by atoms with van der Waals surface area (Å²) in [7, 11) is 4.05. The molecular weight excluding hydrogens is 241 g/mol. The normalized spacial score (nSPS) is 14.5. The topological polar surface area (TPSA) is 32.5 Å². The van der Waals surface area contributed by atoms with Crippen molar-refractivity contribution in [1.82, 2.24) is 4.90 Å². The van der Waals surface area contributed by atoms with Crippen LogP contribution in [-0.2, 0) is 0 Å². The van der Waals surface area contributed by atoms with Gasteiger partial charge >= 0.3 is 0 Å². The Balaban J connectivity index is 3.17. The van der Waals surface area contributed by atoms with Gasteiger partial charge in [-0.3, -0.25) is 0 Å². The lowest BCUT2D eigenvalue weighted by Gasteiger charge is -2.34. The lowest BCUT2D eigenvalue weighted by molar-refractivity contribution is 0.371. The van der Waals surface area contributed by atoms with Crippen LogP contribution in [0.1, 0.15) is 32.4 Å². The molecule has 0 aliphatic carbocycles. The van der Waals surface area contributed by atoms with Crippen LogP contribution in [0.25, 0.3) is 0 Å². The van der Waals surface area contributed by atoms with Crippen molar-refractivity contribution in [2.75, 3.05) is 32.1 Å². The quantitative estimate of drug-likeness (QED) is 0.860. The summed E-state index contributed by atoms with van der Waals surface area (Å²) in [4.78, 5) is 4.20. The Labute approximate surface area is 116 Å². The molecule has 0 aliphatic heterocycles. The van der Waals surface area contributed by atoms with E-state index in [1.165, 1.54) is 6.07 Å². The average molecular weight is 267 g/mol. The van der Waals surface area contributed by atoms with Crippen molar-refractivity contribution in [3.63, 3.8) is 0 Å². The van der Waals surface area contributed by atoms with Gasteiger partial charge in [0.25, 0.3) is 0 Å². The van der Waals surface area contributed by atoms with Gasteiger partial charge in [0.05, 0.1) is 5.69 Å². The smallest absolute Gasteiger partial charge is 0.146 e. The fraction of sp³-hybridized carbons (Fsp3) is 0.600. The number of nitrogens with zero attached hydrogens (tertiary/aromatic N) is 2. The van der Waals surface area contributed by atoms with E-state index in [2.05, 4.69) is 16.7 Å². The monoisotopic (exact) mass is 267 g/mol. The maximum Gasteiger partial charge on any atom is 0.146 e. The molecule has 4 heteroatoms. The highest BCUT2D eigenvalue weighted by molar-refractivity contribution is 5.56. The molecule has 3 nitrogen and oxygen atoms in total. The summed E-state index contributed by atoms with van der Waals surface area (Å²) in [5.41, 5.74) is 7.49. The first-order chi connectivity index (χ1) is 8.88. The third kappa shape index (κ3) is 3.91. The molecule has 0 heterocycles. The van der Waals surface area contributed by atoms with Gasteiger partial charge in [0, 0.05) is 25.2 Å². The van der Waals surface area contributed by atoms with Crippen molar-refractivity contribution in [3.05, 3.63) is 29.6 Å². The van der Waals surface area contributed by atoms with Gasteiger partial charge in [-0.1, -0.05) is 12.1 Å². The number of hydrogen-bond donors (Lipinski definition) is 1. The molecule has 108 valence electrons. The maximum absolute atomic E-state index is 14.2. The molecule has 0 saturated heterocycles. The van der Waals surface area contributed by atoms with Crippen LogP contribution in [0.5, 0.6) is 0 Å². The van der Waals surface area contributed by atoms with Gasteiger partial charge in [-0.15, -0.1) is 0 Å². The molecule has 19 heavy (non-hydrogen) atoms. The standard InChI is InChI=1S/C15H26FN3/c1-6-19(11(2)10-18(4)5)15-13(12(3)17)8-7-9-14(15)16/h7-9,11-12H,6,10,17H2,1-5H3. The molecular formula is C15H26FN3. The summed E-state index contributed by atoms with van der Waals surface area (Å²) in [6.45, 7) is 7.68. The zero-order chi connectivity index (χ0) is 14.6. The molecule has 1 aromatic carbocycles. The predicted molar refractivity (Wildman–Crippen MR) is 80.0 cm³/mol. The average Bonchev–Trinajstić information content (AvgIpc) is 2.30. The van der Waals surface area contributed by atoms with Crippen molar-refractivity contribution >= 4 is 5.69 Å². The second-order valence-electron chi connectivity index (χ2n) is 5.36. The Kier molecular flexibility index (Phi) is 5.76. The van der Waals surface area contributed by atoms with Crippen molar-refractivity contribution in [2.45, 2.75) is 32.9 Å². The number of anilines is 1. The predicted octanol–water partition coefficient (Wildman–Crippen LogP) is 2.62. The molecule has 0 bridgehead atoms. The molecule has 0 fully saturated rings. The second kappa shape index (κ2) is 6.87. The highest BCUT2D eigenvalue weighted by Crippen LogP contribution is 2.29. The minimum Gasteiger partial charge on any atom is -0.365 e. The van der Waals surface area contributed by atoms with Crippen LogP contribution >= 0.6 is 0 Å². The Morgan fingerprint density at radius 1 is 1.26 bits per heavy atom. The SMILES string of the molecule is CCN(c1c(F)cccc1C(C)N)C(C)CN(C)C. The van der Waals surface area contributed by atoms with Crippen molar-refractivity contribution in [1.29, 1.82) is 0 Å². The van der Waals surface area contributed by atoms with E-state index in [-0.39, 0.29) is 17.9 Å². The number of rotatable bonds is 6. The van der Waals surface area contributed by atoms with Gasteiger partial charge in [-0.25, -0.2) is 4.39 Å². The van der Waals surface area contributed by atoms with Gasteiger partial charge in [-0.05, 0) is 46.5 Å². The molecule has 0 radical (unpaired) electrons. The first-order valence-electron chi connectivity index (χ1n) is 6.83. The molecule has 0 aromatic heterocycles. The highest BCUT2D eigenvalue weighted by Gasteiger charge is 2.21. The van der Waals surface area contributed by atoms with Gasteiger partial charge in [0.1, 0.15) is 5.82 Å². The van der Waals surface area contributed by atoms with Crippen molar-refractivity contribution in [2.24, 2.45) is 5.73 Å². The van der Waals surface area contributed by atoms with Crippen molar-refractivity contribution in [3.8, 4) is 0 Å². The van der Waals surface area contributed by atoms with Gasteiger partial charge < -0.3 is 15.5 Å². The minimum atomic E-state index is -0.192. The van der Waals surface area contributed by atoms with E-state index in [1.807, 2.05) is 34.0 Å². The Morgan fingerprint density at radius 2 is 1.89 bits per heavy atom. The molecule has 1 rings (SSSR count). The van der Waals surface area contributed by atoms with Gasteiger partial charge in [0.2, 0.25) is 0 Å². The number of benzene rings is 1. The summed E-state index contributed by atoms with van der Waals surface area (Å²) in [5, 5.41) is 0. The summed E-state index contributed by atoms with van der Waals surface area (Å²) < 4.78 is 14.2. The number of para-hydroxylation sites is 1. The Bertz CT molecular complexity index is 404. The molecule has 2 N–H and O–H groups in total. The molecule has 0 saturated carbocycles. The number of hydrogen-bond acceptors (Lipinski definition) is 3. The molecule has 2 unspecified atom stereocenters. The fourth-order valence-electron chi connectivity index (χ4n) is 2.52. The van der Waals surface area contributed by atoms with Crippen molar-refractivity contribution < 1.29 is 4.39 Å². The molecule has 0 amide bonds. The molecule has 2 atom stereocenters. The number of nitrogens with two attached hydrogens (primary N) is 1. The third-order valence-electron chi connectivity index (χ3n) is 3.30. The van der Waals surface area contributed by atoms with Crippen LogP contribution < -0.4 is 10.6 Å². The van der Waals surface area contributed by atoms with Crippen LogP contribution in [0, 0.1) is 5.82 Å². The number of likely N-dealkylation sites (N-methyl/N-ethyl adjacent to an activating group) is 2. The van der Waals surface area contributed by atoms with Crippen LogP contribution in [0.3, 0.4) is 0 Å². The van der Waals surface area contributed by atoms with E-state index >= 15 is 0 Å². The van der Waals surface area contributed by atoms with E-state index in [4.69, 9.17) is 5.73 Å². The van der Waals surface area contributed by atoms with Crippen LogP contribution in [0.2, 0.25) is 0 Å². The minimum absolute atomic E-state index is 0.175. The Hall–Kier alpha value is -1.13.